The van der Waals surface area contributed by atoms with Crippen molar-refractivity contribution in [3.63, 3.8) is 0 Å². The lowest BCUT2D eigenvalue weighted by Crippen LogP contribution is -2.27. The van der Waals surface area contributed by atoms with E-state index in [2.05, 4.69) is 6.58 Å². The smallest absolute Gasteiger partial charge is 0.257 e. The van der Waals surface area contributed by atoms with Gasteiger partial charge in [0.25, 0.3) is 5.91 Å². The second-order valence-corrected chi connectivity index (χ2v) is 2.98. The van der Waals surface area contributed by atoms with E-state index in [1.165, 1.54) is 6.08 Å². The molecule has 4 nitrogen and oxygen atoms in total. The Bertz CT molecular complexity index is 400. The lowest BCUT2D eigenvalue weighted by Gasteiger charge is -2.06. The van der Waals surface area contributed by atoms with Gasteiger partial charge in [-0.2, -0.15) is 0 Å². The van der Waals surface area contributed by atoms with Gasteiger partial charge in [-0.1, -0.05) is 30.9 Å². The number of hydrogen-bond donors (Lipinski definition) is 2. The van der Waals surface area contributed by atoms with Crippen LogP contribution in [0.5, 0.6) is 5.75 Å². The summed E-state index contributed by atoms with van der Waals surface area (Å²) in [7, 11) is 0. The summed E-state index contributed by atoms with van der Waals surface area (Å²) in [6.07, 6.45) is 4.64. The van der Waals surface area contributed by atoms with Gasteiger partial charge >= 0.3 is 0 Å². The molecular weight excluding hydrogens is 204 g/mol. The lowest BCUT2D eigenvalue weighted by molar-refractivity contribution is -0.116. The van der Waals surface area contributed by atoms with Crippen molar-refractivity contribution in [2.75, 3.05) is 6.61 Å². The molecule has 84 valence electrons. The van der Waals surface area contributed by atoms with E-state index in [4.69, 9.17) is 10.6 Å². The van der Waals surface area contributed by atoms with Gasteiger partial charge < -0.3 is 4.74 Å². The van der Waals surface area contributed by atoms with E-state index in [0.29, 0.717) is 12.4 Å². The average molecular weight is 218 g/mol. The number of para-hydroxylation sites is 1. The molecular formula is C12H14N2O2. The summed E-state index contributed by atoms with van der Waals surface area (Å²) >= 11 is 0. The van der Waals surface area contributed by atoms with Crippen molar-refractivity contribution in [1.29, 1.82) is 0 Å². The molecule has 0 aliphatic carbocycles. The number of nitrogens with two attached hydrogens (primary N) is 1. The van der Waals surface area contributed by atoms with Crippen LogP contribution in [0.4, 0.5) is 0 Å². The zero-order valence-electron chi connectivity index (χ0n) is 8.85. The monoisotopic (exact) mass is 218 g/mol. The van der Waals surface area contributed by atoms with Crippen molar-refractivity contribution in [3.05, 3.63) is 48.6 Å². The molecule has 0 spiro atoms. The van der Waals surface area contributed by atoms with Crippen molar-refractivity contribution in [1.82, 2.24) is 5.43 Å². The third kappa shape index (κ3) is 3.59. The van der Waals surface area contributed by atoms with Crippen LogP contribution in [0.25, 0.3) is 6.08 Å². The maximum atomic E-state index is 10.9. The summed E-state index contributed by atoms with van der Waals surface area (Å²) in [4.78, 5) is 10.9. The van der Waals surface area contributed by atoms with Gasteiger partial charge in [-0.15, -0.1) is 0 Å². The van der Waals surface area contributed by atoms with Gasteiger partial charge in [-0.25, -0.2) is 5.84 Å². The predicted octanol–water partition coefficient (Wildman–Crippen LogP) is 1.25. The molecule has 0 saturated carbocycles. The molecule has 0 saturated heterocycles. The Balaban J connectivity index is 2.81. The van der Waals surface area contributed by atoms with Gasteiger partial charge in [-0.3, -0.25) is 10.2 Å². The molecule has 0 unspecified atom stereocenters. The minimum Gasteiger partial charge on any atom is -0.489 e. The Hall–Kier alpha value is -2.07. The number of hydrogen-bond acceptors (Lipinski definition) is 3. The number of nitrogens with one attached hydrogen (secondary N) is 1. The molecule has 1 aromatic carbocycles. The molecule has 16 heavy (non-hydrogen) atoms. The fourth-order valence-corrected chi connectivity index (χ4v) is 1.11. The quantitative estimate of drug-likeness (QED) is 0.257. The van der Waals surface area contributed by atoms with Gasteiger partial charge in [-0.05, 0) is 12.1 Å². The molecule has 4 heteroatoms. The Morgan fingerprint density at radius 1 is 1.50 bits per heavy atom. The van der Waals surface area contributed by atoms with Gasteiger partial charge in [0.05, 0.1) is 0 Å². The van der Waals surface area contributed by atoms with Gasteiger partial charge in [0.2, 0.25) is 0 Å². The Labute approximate surface area is 94.4 Å². The van der Waals surface area contributed by atoms with Crippen LogP contribution in [0, 0.1) is 0 Å². The number of carbonyl (C=O) groups excluding carboxylic acids is 1. The maximum absolute atomic E-state index is 10.9. The highest BCUT2D eigenvalue weighted by Crippen LogP contribution is 2.19. The Morgan fingerprint density at radius 3 is 2.94 bits per heavy atom. The molecule has 1 amide bonds. The molecule has 0 aromatic heterocycles. The second kappa shape index (κ2) is 6.42. The van der Waals surface area contributed by atoms with Crippen molar-refractivity contribution in [3.8, 4) is 5.75 Å². The van der Waals surface area contributed by atoms with E-state index < -0.39 is 0 Å². The highest BCUT2D eigenvalue weighted by Gasteiger charge is 1.99. The molecule has 0 aliphatic heterocycles. The van der Waals surface area contributed by atoms with Crippen LogP contribution in [0.1, 0.15) is 5.56 Å². The minimum absolute atomic E-state index is 0.362. The zero-order valence-corrected chi connectivity index (χ0v) is 8.85. The normalized spacial score (nSPS) is 10.1. The number of amides is 1. The Kier molecular flexibility index (Phi) is 4.82. The standard InChI is InChI=1S/C12H14N2O2/c1-2-9-16-11-6-4-3-5-10(11)7-8-12(15)14-13/h2-8H,1,9,13H2,(H,14,15)/b8-7+. The molecule has 0 fully saturated rings. The fraction of sp³-hybridized carbons (Fsp3) is 0.0833. The summed E-state index contributed by atoms with van der Waals surface area (Å²) in [6.45, 7) is 3.99. The highest BCUT2D eigenvalue weighted by molar-refractivity contribution is 5.91. The third-order valence-corrected chi connectivity index (χ3v) is 1.83. The minimum atomic E-state index is -0.362. The molecule has 0 bridgehead atoms. The van der Waals surface area contributed by atoms with E-state index in [1.807, 2.05) is 29.7 Å². The van der Waals surface area contributed by atoms with Crippen LogP contribution in [0.15, 0.2) is 43.0 Å². The van der Waals surface area contributed by atoms with Crippen LogP contribution < -0.4 is 16.0 Å². The molecule has 0 atom stereocenters. The molecule has 3 N–H and O–H groups in total. The van der Waals surface area contributed by atoms with Crippen molar-refractivity contribution < 1.29 is 9.53 Å². The second-order valence-electron chi connectivity index (χ2n) is 2.98. The summed E-state index contributed by atoms with van der Waals surface area (Å²) in [5.74, 6) is 5.29. The van der Waals surface area contributed by atoms with Crippen molar-refractivity contribution in [2.45, 2.75) is 0 Å². The van der Waals surface area contributed by atoms with Crippen molar-refractivity contribution in [2.24, 2.45) is 5.84 Å². The first-order valence-corrected chi connectivity index (χ1v) is 4.79. The van der Waals surface area contributed by atoms with Crippen LogP contribution in [-0.4, -0.2) is 12.5 Å². The molecule has 0 radical (unpaired) electrons. The SMILES string of the molecule is C=CCOc1ccccc1/C=C/C(=O)NN. The van der Waals surface area contributed by atoms with E-state index in [0.717, 1.165) is 5.56 Å². The number of benzene rings is 1. The van der Waals surface area contributed by atoms with E-state index in [1.54, 1.807) is 12.2 Å². The number of carbonyl (C=O) groups is 1. The van der Waals surface area contributed by atoms with E-state index in [-0.39, 0.29) is 5.91 Å². The lowest BCUT2D eigenvalue weighted by atomic mass is 10.2. The predicted molar refractivity (Wildman–Crippen MR) is 63.5 cm³/mol. The highest BCUT2D eigenvalue weighted by atomic mass is 16.5. The molecule has 1 rings (SSSR count). The zero-order chi connectivity index (χ0) is 11.8. The first-order valence-electron chi connectivity index (χ1n) is 4.79. The summed E-state index contributed by atoms with van der Waals surface area (Å²) < 4.78 is 5.42. The van der Waals surface area contributed by atoms with E-state index >= 15 is 0 Å². The third-order valence-electron chi connectivity index (χ3n) is 1.83. The summed E-state index contributed by atoms with van der Waals surface area (Å²) in [5, 5.41) is 0. The molecule has 0 aliphatic rings. The van der Waals surface area contributed by atoms with Crippen LogP contribution in [0.3, 0.4) is 0 Å². The molecule has 1 aromatic rings. The summed E-state index contributed by atoms with van der Waals surface area (Å²) in [6, 6.07) is 7.39. The van der Waals surface area contributed by atoms with Crippen molar-refractivity contribution >= 4 is 12.0 Å². The first-order chi connectivity index (χ1) is 7.77. The summed E-state index contributed by atoms with van der Waals surface area (Å²) in [5.41, 5.74) is 2.83. The molecule has 0 heterocycles. The van der Waals surface area contributed by atoms with Gasteiger partial charge in [0.1, 0.15) is 12.4 Å². The number of rotatable bonds is 5. The van der Waals surface area contributed by atoms with Crippen LogP contribution in [-0.2, 0) is 4.79 Å². The average Bonchev–Trinajstić information content (AvgIpc) is 2.34. The fourth-order valence-electron chi connectivity index (χ4n) is 1.11. The van der Waals surface area contributed by atoms with Gasteiger partial charge in [0, 0.05) is 11.6 Å². The van der Waals surface area contributed by atoms with Gasteiger partial charge in [0.15, 0.2) is 0 Å². The Morgan fingerprint density at radius 2 is 2.25 bits per heavy atom. The number of hydrazine groups is 1. The maximum Gasteiger partial charge on any atom is 0.257 e. The van der Waals surface area contributed by atoms with E-state index in [9.17, 15) is 4.79 Å². The van der Waals surface area contributed by atoms with Crippen LogP contribution in [0.2, 0.25) is 0 Å². The number of ether oxygens (including phenoxy) is 1. The largest absolute Gasteiger partial charge is 0.489 e. The van der Waals surface area contributed by atoms with Crippen LogP contribution >= 0.6 is 0 Å². The first kappa shape index (κ1) is 12.0. The topological polar surface area (TPSA) is 64.3 Å².